The van der Waals surface area contributed by atoms with Gasteiger partial charge in [0.05, 0.1) is 18.6 Å². The summed E-state index contributed by atoms with van der Waals surface area (Å²) in [5.74, 6) is 0.820. The topological polar surface area (TPSA) is 62.4 Å². The fourth-order valence-electron chi connectivity index (χ4n) is 2.84. The van der Waals surface area contributed by atoms with Gasteiger partial charge >= 0.3 is 0 Å². The van der Waals surface area contributed by atoms with Crippen molar-refractivity contribution in [2.45, 2.75) is 12.5 Å². The molecule has 3 N–H and O–H groups in total. The molecule has 0 aromatic heterocycles. The van der Waals surface area contributed by atoms with E-state index in [0.29, 0.717) is 19.7 Å². The Morgan fingerprint density at radius 1 is 1.08 bits per heavy atom. The average molecular weight is 325 g/mol. The van der Waals surface area contributed by atoms with Gasteiger partial charge in [-0.05, 0) is 24.1 Å². The Morgan fingerprint density at radius 3 is 2.54 bits per heavy atom. The van der Waals surface area contributed by atoms with Crippen LogP contribution in [0, 0.1) is 5.92 Å². The van der Waals surface area contributed by atoms with Crippen LogP contribution in [-0.4, -0.2) is 25.6 Å². The van der Waals surface area contributed by atoms with Crippen molar-refractivity contribution >= 4 is 5.91 Å². The third kappa shape index (κ3) is 4.34. The highest BCUT2D eigenvalue weighted by molar-refractivity contribution is 5.80. The van der Waals surface area contributed by atoms with E-state index in [0.717, 1.165) is 17.7 Å². The van der Waals surface area contributed by atoms with Gasteiger partial charge in [0.1, 0.15) is 5.75 Å². The van der Waals surface area contributed by atoms with Gasteiger partial charge in [-0.2, -0.15) is 0 Å². The van der Waals surface area contributed by atoms with Gasteiger partial charge in [-0.15, -0.1) is 0 Å². The highest BCUT2D eigenvalue weighted by atomic mass is 16.5. The van der Waals surface area contributed by atoms with E-state index in [2.05, 4.69) is 16.2 Å². The van der Waals surface area contributed by atoms with E-state index in [1.807, 2.05) is 60.7 Å². The summed E-state index contributed by atoms with van der Waals surface area (Å²) < 4.78 is 5.63. The van der Waals surface area contributed by atoms with E-state index in [4.69, 9.17) is 4.74 Å². The SMILES string of the molecule is O=C(NCCCOc1ccccc1)C1CNNC1c1ccccc1. The number of hydrogen-bond acceptors (Lipinski definition) is 4. The fourth-order valence-corrected chi connectivity index (χ4v) is 2.84. The van der Waals surface area contributed by atoms with E-state index in [1.165, 1.54) is 0 Å². The number of rotatable bonds is 7. The van der Waals surface area contributed by atoms with Gasteiger partial charge in [0.25, 0.3) is 0 Å². The molecule has 2 atom stereocenters. The van der Waals surface area contributed by atoms with Crippen LogP contribution in [0.25, 0.3) is 0 Å². The first-order valence-corrected chi connectivity index (χ1v) is 8.33. The Balaban J connectivity index is 1.41. The monoisotopic (exact) mass is 325 g/mol. The summed E-state index contributed by atoms with van der Waals surface area (Å²) >= 11 is 0. The maximum absolute atomic E-state index is 12.4. The Bertz CT molecular complexity index is 634. The number of carbonyl (C=O) groups excluding carboxylic acids is 1. The van der Waals surface area contributed by atoms with E-state index < -0.39 is 0 Å². The molecule has 0 spiro atoms. The molecule has 1 saturated heterocycles. The molecular formula is C19H23N3O2. The first kappa shape index (κ1) is 16.5. The Morgan fingerprint density at radius 2 is 1.79 bits per heavy atom. The third-order valence-electron chi connectivity index (χ3n) is 4.11. The first-order chi connectivity index (χ1) is 11.8. The zero-order valence-electron chi connectivity index (χ0n) is 13.6. The lowest BCUT2D eigenvalue weighted by atomic mass is 9.94. The summed E-state index contributed by atoms with van der Waals surface area (Å²) in [5.41, 5.74) is 7.40. The maximum atomic E-state index is 12.4. The molecular weight excluding hydrogens is 302 g/mol. The minimum atomic E-state index is -0.109. The molecule has 1 aliphatic rings. The molecule has 5 heteroatoms. The van der Waals surface area contributed by atoms with E-state index in [-0.39, 0.29) is 17.9 Å². The molecule has 2 unspecified atom stereocenters. The third-order valence-corrected chi connectivity index (χ3v) is 4.11. The Kier molecular flexibility index (Phi) is 5.82. The summed E-state index contributed by atoms with van der Waals surface area (Å²) in [4.78, 5) is 12.4. The predicted molar refractivity (Wildman–Crippen MR) is 93.4 cm³/mol. The summed E-state index contributed by atoms with van der Waals surface area (Å²) in [7, 11) is 0. The summed E-state index contributed by atoms with van der Waals surface area (Å²) in [5, 5.41) is 3.01. The van der Waals surface area contributed by atoms with Crippen molar-refractivity contribution in [3.8, 4) is 5.75 Å². The largest absolute Gasteiger partial charge is 0.494 e. The number of nitrogens with one attached hydrogen (secondary N) is 3. The van der Waals surface area contributed by atoms with Crippen LogP contribution in [0.4, 0.5) is 0 Å². The number of hydrogen-bond donors (Lipinski definition) is 3. The summed E-state index contributed by atoms with van der Waals surface area (Å²) in [6.45, 7) is 1.84. The van der Waals surface area contributed by atoms with Crippen molar-refractivity contribution in [1.82, 2.24) is 16.2 Å². The van der Waals surface area contributed by atoms with Gasteiger partial charge in [-0.1, -0.05) is 48.5 Å². The van der Waals surface area contributed by atoms with Crippen LogP contribution in [0.3, 0.4) is 0 Å². The Hall–Kier alpha value is -2.37. The highest BCUT2D eigenvalue weighted by Crippen LogP contribution is 2.24. The lowest BCUT2D eigenvalue weighted by Gasteiger charge is -2.18. The number of ether oxygens (including phenoxy) is 1. The standard InChI is InChI=1S/C19H23N3O2/c23-19(20-12-7-13-24-16-10-5-2-6-11-16)17-14-21-22-18(17)15-8-3-1-4-9-15/h1-6,8-11,17-18,21-22H,7,12-14H2,(H,20,23). The number of carbonyl (C=O) groups is 1. The van der Waals surface area contributed by atoms with Gasteiger partial charge < -0.3 is 10.1 Å². The average Bonchev–Trinajstić information content (AvgIpc) is 3.13. The summed E-state index contributed by atoms with van der Waals surface area (Å²) in [6.07, 6.45) is 0.782. The van der Waals surface area contributed by atoms with Crippen LogP contribution in [0.5, 0.6) is 5.75 Å². The van der Waals surface area contributed by atoms with Crippen LogP contribution >= 0.6 is 0 Å². The van der Waals surface area contributed by atoms with Crippen molar-refractivity contribution in [3.05, 3.63) is 66.2 Å². The molecule has 0 radical (unpaired) electrons. The van der Waals surface area contributed by atoms with Crippen molar-refractivity contribution < 1.29 is 9.53 Å². The number of amides is 1. The fraction of sp³-hybridized carbons (Fsp3) is 0.316. The van der Waals surface area contributed by atoms with Gasteiger partial charge in [0.15, 0.2) is 0 Å². The molecule has 2 aromatic carbocycles. The quantitative estimate of drug-likeness (QED) is 0.682. The van der Waals surface area contributed by atoms with Crippen molar-refractivity contribution in [1.29, 1.82) is 0 Å². The van der Waals surface area contributed by atoms with Crippen LogP contribution in [0.15, 0.2) is 60.7 Å². The van der Waals surface area contributed by atoms with Crippen LogP contribution < -0.4 is 20.9 Å². The molecule has 24 heavy (non-hydrogen) atoms. The van der Waals surface area contributed by atoms with Crippen LogP contribution in [0.1, 0.15) is 18.0 Å². The molecule has 3 rings (SSSR count). The van der Waals surface area contributed by atoms with Gasteiger partial charge in [-0.25, -0.2) is 5.43 Å². The van der Waals surface area contributed by atoms with Gasteiger partial charge in [0, 0.05) is 13.1 Å². The molecule has 1 fully saturated rings. The zero-order chi connectivity index (χ0) is 16.6. The molecule has 1 amide bonds. The van der Waals surface area contributed by atoms with Crippen LogP contribution in [-0.2, 0) is 4.79 Å². The zero-order valence-corrected chi connectivity index (χ0v) is 13.6. The lowest BCUT2D eigenvalue weighted by molar-refractivity contribution is -0.124. The number of para-hydroxylation sites is 1. The van der Waals surface area contributed by atoms with Crippen molar-refractivity contribution in [3.63, 3.8) is 0 Å². The van der Waals surface area contributed by atoms with Crippen LogP contribution in [0.2, 0.25) is 0 Å². The molecule has 5 nitrogen and oxygen atoms in total. The Labute approximate surface area is 142 Å². The molecule has 2 aromatic rings. The maximum Gasteiger partial charge on any atom is 0.226 e. The number of benzene rings is 2. The van der Waals surface area contributed by atoms with E-state index in [1.54, 1.807) is 0 Å². The second kappa shape index (κ2) is 8.47. The molecule has 0 saturated carbocycles. The minimum Gasteiger partial charge on any atom is -0.494 e. The lowest BCUT2D eigenvalue weighted by Crippen LogP contribution is -2.36. The molecule has 1 heterocycles. The molecule has 126 valence electrons. The molecule has 1 aliphatic heterocycles. The minimum absolute atomic E-state index is 0.00627. The highest BCUT2D eigenvalue weighted by Gasteiger charge is 2.33. The molecule has 0 bridgehead atoms. The van der Waals surface area contributed by atoms with Crippen molar-refractivity contribution in [2.24, 2.45) is 5.92 Å². The van der Waals surface area contributed by atoms with E-state index in [9.17, 15) is 4.79 Å². The smallest absolute Gasteiger partial charge is 0.226 e. The summed E-state index contributed by atoms with van der Waals surface area (Å²) in [6, 6.07) is 19.8. The van der Waals surface area contributed by atoms with E-state index >= 15 is 0 Å². The second-order valence-electron chi connectivity index (χ2n) is 5.83. The predicted octanol–water partition coefficient (Wildman–Crippen LogP) is 2.04. The molecule has 0 aliphatic carbocycles. The normalized spacial score (nSPS) is 19.8. The van der Waals surface area contributed by atoms with Gasteiger partial charge in [0.2, 0.25) is 5.91 Å². The van der Waals surface area contributed by atoms with Gasteiger partial charge in [-0.3, -0.25) is 10.2 Å². The van der Waals surface area contributed by atoms with Crippen molar-refractivity contribution in [2.75, 3.05) is 19.7 Å². The number of hydrazine groups is 1. The second-order valence-corrected chi connectivity index (χ2v) is 5.83. The first-order valence-electron chi connectivity index (χ1n) is 8.33.